The van der Waals surface area contributed by atoms with Crippen molar-refractivity contribution in [3.63, 3.8) is 0 Å². The topological polar surface area (TPSA) is 115 Å². The Hall–Kier alpha value is -2.37. The lowest BCUT2D eigenvalue weighted by Crippen LogP contribution is -2.41. The van der Waals surface area contributed by atoms with Gasteiger partial charge in [-0.2, -0.15) is 4.31 Å². The van der Waals surface area contributed by atoms with Gasteiger partial charge in [-0.15, -0.1) is 5.10 Å². The van der Waals surface area contributed by atoms with E-state index in [0.717, 1.165) is 25.0 Å². The van der Waals surface area contributed by atoms with Crippen LogP contribution in [-0.4, -0.2) is 48.5 Å². The number of aromatic nitrogens is 2. The zero-order chi connectivity index (χ0) is 20.4. The Balaban J connectivity index is 1.33. The normalized spacial score (nSPS) is 21.3. The number of nitrogens with one attached hydrogen (secondary N) is 1. The molecule has 1 N–H and O–H groups in total. The number of amides is 1. The number of sulfonamides is 1. The van der Waals surface area contributed by atoms with Crippen LogP contribution in [0, 0.1) is 11.7 Å². The zero-order valence-corrected chi connectivity index (χ0v) is 16.4. The second-order valence-electron chi connectivity index (χ2n) is 7.07. The Morgan fingerprint density at radius 1 is 1.14 bits per heavy atom. The molecule has 0 saturated carbocycles. The van der Waals surface area contributed by atoms with Crippen LogP contribution in [0.1, 0.15) is 37.7 Å². The second kappa shape index (κ2) is 8.17. The third-order valence-corrected chi connectivity index (χ3v) is 7.06. The number of hydrogen-bond acceptors (Lipinski definition) is 7. The summed E-state index contributed by atoms with van der Waals surface area (Å²) in [5, 5.41) is 10.3. The molecule has 29 heavy (non-hydrogen) atoms. The van der Waals surface area contributed by atoms with Gasteiger partial charge < -0.3 is 9.15 Å². The minimum atomic E-state index is -3.71. The number of halogens is 1. The van der Waals surface area contributed by atoms with Crippen molar-refractivity contribution in [3.05, 3.63) is 36.0 Å². The van der Waals surface area contributed by atoms with Crippen LogP contribution in [0.15, 0.2) is 33.6 Å². The first-order chi connectivity index (χ1) is 13.9. The highest BCUT2D eigenvalue weighted by Crippen LogP contribution is 2.29. The smallest absolute Gasteiger partial charge is 0.322 e. The molecule has 1 aromatic carbocycles. The van der Waals surface area contributed by atoms with Crippen LogP contribution >= 0.6 is 0 Å². The van der Waals surface area contributed by atoms with Gasteiger partial charge in [-0.1, -0.05) is 5.10 Å². The molecule has 1 atom stereocenters. The Bertz CT molecular complexity index is 964. The third-order valence-electron chi connectivity index (χ3n) is 5.15. The summed E-state index contributed by atoms with van der Waals surface area (Å²) in [5.74, 6) is -0.805. The molecule has 0 unspecified atom stereocenters. The summed E-state index contributed by atoms with van der Waals surface area (Å²) in [6.45, 7) is 1.04. The second-order valence-corrected chi connectivity index (χ2v) is 9.01. The number of carbonyl (C=O) groups excluding carboxylic acids is 1. The van der Waals surface area contributed by atoms with Gasteiger partial charge >= 0.3 is 6.01 Å². The summed E-state index contributed by atoms with van der Waals surface area (Å²) >= 11 is 0. The molecule has 2 aromatic rings. The molecule has 0 bridgehead atoms. The predicted molar refractivity (Wildman–Crippen MR) is 98.7 cm³/mol. The lowest BCUT2D eigenvalue weighted by molar-refractivity contribution is -0.121. The fourth-order valence-corrected chi connectivity index (χ4v) is 4.98. The maximum Gasteiger partial charge on any atom is 0.322 e. The number of benzene rings is 1. The van der Waals surface area contributed by atoms with E-state index < -0.39 is 15.8 Å². The van der Waals surface area contributed by atoms with Crippen molar-refractivity contribution >= 4 is 21.9 Å². The van der Waals surface area contributed by atoms with E-state index in [4.69, 9.17) is 9.15 Å². The highest BCUT2D eigenvalue weighted by Gasteiger charge is 2.33. The third kappa shape index (κ3) is 4.31. The van der Waals surface area contributed by atoms with E-state index in [1.165, 1.54) is 16.4 Å². The van der Waals surface area contributed by atoms with E-state index >= 15 is 0 Å². The molecule has 2 fully saturated rings. The zero-order valence-electron chi connectivity index (χ0n) is 15.6. The van der Waals surface area contributed by atoms with Crippen LogP contribution in [-0.2, 0) is 19.6 Å². The number of anilines is 1. The monoisotopic (exact) mass is 424 g/mol. The van der Waals surface area contributed by atoms with E-state index in [2.05, 4.69) is 15.5 Å². The molecule has 156 valence electrons. The van der Waals surface area contributed by atoms with Gasteiger partial charge in [0.2, 0.25) is 21.8 Å². The SMILES string of the molecule is O=C(Nc1nnc([C@H]2CCCO2)o1)C1CCN(S(=O)(=O)c2ccc(F)cc2)CC1. The highest BCUT2D eigenvalue weighted by atomic mass is 32.2. The van der Waals surface area contributed by atoms with Crippen LogP contribution in [0.5, 0.6) is 0 Å². The molecule has 11 heteroatoms. The lowest BCUT2D eigenvalue weighted by atomic mass is 9.97. The van der Waals surface area contributed by atoms with E-state index in [-0.39, 0.29) is 41.9 Å². The summed E-state index contributed by atoms with van der Waals surface area (Å²) in [7, 11) is -3.71. The van der Waals surface area contributed by atoms with Crippen molar-refractivity contribution < 1.29 is 26.8 Å². The maximum absolute atomic E-state index is 13.0. The Labute approximate surface area is 167 Å². The Morgan fingerprint density at radius 3 is 2.52 bits per heavy atom. The van der Waals surface area contributed by atoms with Gasteiger partial charge in [-0.05, 0) is 49.9 Å². The van der Waals surface area contributed by atoms with Gasteiger partial charge in [0.05, 0.1) is 4.90 Å². The van der Waals surface area contributed by atoms with Crippen LogP contribution in [0.25, 0.3) is 0 Å². The van der Waals surface area contributed by atoms with E-state index in [1.54, 1.807) is 0 Å². The van der Waals surface area contributed by atoms with Gasteiger partial charge in [0.15, 0.2) is 0 Å². The average Bonchev–Trinajstić information content (AvgIpc) is 3.40. The summed E-state index contributed by atoms with van der Waals surface area (Å²) in [6, 6.07) is 4.72. The summed E-state index contributed by atoms with van der Waals surface area (Å²) in [4.78, 5) is 12.5. The highest BCUT2D eigenvalue weighted by molar-refractivity contribution is 7.89. The molecule has 1 amide bonds. The van der Waals surface area contributed by atoms with Crippen LogP contribution in [0.3, 0.4) is 0 Å². The van der Waals surface area contributed by atoms with Gasteiger partial charge in [0, 0.05) is 25.6 Å². The predicted octanol–water partition coefficient (Wildman–Crippen LogP) is 2.10. The van der Waals surface area contributed by atoms with Crippen LogP contribution in [0.4, 0.5) is 10.4 Å². The number of piperidine rings is 1. The standard InChI is InChI=1S/C18H21FN4O5S/c19-13-3-5-14(6-4-13)29(25,26)23-9-7-12(8-10-23)16(24)20-18-22-21-17(28-18)15-2-1-11-27-15/h3-6,12,15H,1-2,7-11H2,(H,20,22,24)/t15-/m1/s1. The molecular formula is C18H21FN4O5S. The fraction of sp³-hybridized carbons (Fsp3) is 0.500. The summed E-state index contributed by atoms with van der Waals surface area (Å²) < 4.78 is 50.6. The first kappa shape index (κ1) is 19.9. The molecule has 0 radical (unpaired) electrons. The molecule has 0 aliphatic carbocycles. The first-order valence-electron chi connectivity index (χ1n) is 9.45. The van der Waals surface area contributed by atoms with Gasteiger partial charge in [-0.25, -0.2) is 12.8 Å². The molecule has 3 heterocycles. The minimum absolute atomic E-state index is 0.0156. The average molecular weight is 424 g/mol. The van der Waals surface area contributed by atoms with Crippen LogP contribution < -0.4 is 5.32 Å². The molecule has 1 aromatic heterocycles. The maximum atomic E-state index is 13.0. The molecule has 2 saturated heterocycles. The van der Waals surface area contributed by atoms with Gasteiger partial charge in [0.25, 0.3) is 0 Å². The summed E-state index contributed by atoms with van der Waals surface area (Å²) in [6.07, 6.45) is 2.22. The van der Waals surface area contributed by atoms with Gasteiger partial charge in [-0.3, -0.25) is 10.1 Å². The van der Waals surface area contributed by atoms with Crippen molar-refractivity contribution in [2.45, 2.75) is 36.7 Å². The molecule has 9 nitrogen and oxygen atoms in total. The van der Waals surface area contributed by atoms with E-state index in [1.807, 2.05) is 0 Å². The first-order valence-corrected chi connectivity index (χ1v) is 10.9. The van der Waals surface area contributed by atoms with Crippen molar-refractivity contribution in [2.75, 3.05) is 25.0 Å². The van der Waals surface area contributed by atoms with E-state index in [0.29, 0.717) is 25.3 Å². The number of rotatable bonds is 5. The molecule has 2 aliphatic heterocycles. The Morgan fingerprint density at radius 2 is 1.86 bits per heavy atom. The molecular weight excluding hydrogens is 403 g/mol. The van der Waals surface area contributed by atoms with Crippen molar-refractivity contribution in [2.24, 2.45) is 5.92 Å². The van der Waals surface area contributed by atoms with Crippen LogP contribution in [0.2, 0.25) is 0 Å². The number of hydrogen-bond donors (Lipinski definition) is 1. The molecule has 2 aliphatic rings. The van der Waals surface area contributed by atoms with E-state index in [9.17, 15) is 17.6 Å². The van der Waals surface area contributed by atoms with Crippen molar-refractivity contribution in [3.8, 4) is 0 Å². The Kier molecular flexibility index (Phi) is 5.61. The van der Waals surface area contributed by atoms with Crippen molar-refractivity contribution in [1.82, 2.24) is 14.5 Å². The quantitative estimate of drug-likeness (QED) is 0.782. The largest absolute Gasteiger partial charge is 0.405 e. The number of ether oxygens (including phenoxy) is 1. The van der Waals surface area contributed by atoms with Crippen molar-refractivity contribution in [1.29, 1.82) is 0 Å². The number of carbonyl (C=O) groups is 1. The number of nitrogens with zero attached hydrogens (tertiary/aromatic N) is 3. The summed E-state index contributed by atoms with van der Waals surface area (Å²) in [5.41, 5.74) is 0. The molecule has 0 spiro atoms. The van der Waals surface area contributed by atoms with Gasteiger partial charge in [0.1, 0.15) is 11.9 Å². The molecule has 4 rings (SSSR count). The lowest BCUT2D eigenvalue weighted by Gasteiger charge is -2.30. The fourth-order valence-electron chi connectivity index (χ4n) is 3.51. The minimum Gasteiger partial charge on any atom is -0.405 e.